The van der Waals surface area contributed by atoms with Gasteiger partial charge in [0, 0.05) is 61.3 Å². The van der Waals surface area contributed by atoms with Crippen molar-refractivity contribution in [1.29, 1.82) is 0 Å². The number of benzene rings is 3. The number of pyridine rings is 1. The van der Waals surface area contributed by atoms with Crippen LogP contribution < -0.4 is 32.2 Å². The molecule has 0 spiro atoms. The van der Waals surface area contributed by atoms with Crippen molar-refractivity contribution in [3.8, 4) is 16.9 Å². The van der Waals surface area contributed by atoms with Crippen LogP contribution in [0.4, 0.5) is 0 Å². The topological polar surface area (TPSA) is 221 Å². The number of H-pyrrole nitrogens is 1. The van der Waals surface area contributed by atoms with E-state index in [0.717, 1.165) is 33.2 Å². The third-order valence-corrected chi connectivity index (χ3v) is 11.8. The number of hydrogen-bond acceptors (Lipinski definition) is 11. The van der Waals surface area contributed by atoms with Gasteiger partial charge in [-0.3, -0.25) is 14.4 Å². The number of nitrogens with one attached hydrogen (secondary N) is 4. The fourth-order valence-corrected chi connectivity index (χ4v) is 8.20. The third-order valence-electron chi connectivity index (χ3n) is 10.1. The zero-order valence-electron chi connectivity index (χ0n) is 32.1. The summed E-state index contributed by atoms with van der Waals surface area (Å²) in [4.78, 5) is 52.7. The number of carbonyl (C=O) groups is 3. The number of hydrogen-bond donors (Lipinski definition) is 8. The first-order valence-electron chi connectivity index (χ1n) is 19.1. The molecule has 3 heterocycles. The Kier molecular flexibility index (Phi) is 14.8. The molecule has 1 aliphatic heterocycles. The molecule has 4 atom stereocenters. The van der Waals surface area contributed by atoms with Crippen LogP contribution in [0.2, 0.25) is 5.02 Å². The normalized spacial score (nSPS) is 18.8. The molecule has 0 fully saturated rings. The van der Waals surface area contributed by atoms with Crippen molar-refractivity contribution in [3.63, 3.8) is 0 Å². The summed E-state index contributed by atoms with van der Waals surface area (Å²) in [6, 6.07) is 19.5. The minimum Gasteiger partial charge on any atom is -0.491 e. The van der Waals surface area contributed by atoms with E-state index in [1.165, 1.54) is 16.7 Å². The van der Waals surface area contributed by atoms with Crippen molar-refractivity contribution in [1.82, 2.24) is 30.8 Å². The molecule has 14 nitrogen and oxygen atoms in total. The molecule has 2 aromatic heterocycles. The van der Waals surface area contributed by atoms with E-state index in [-0.39, 0.29) is 32.7 Å². The van der Waals surface area contributed by atoms with Crippen LogP contribution in [0.1, 0.15) is 29.5 Å². The van der Waals surface area contributed by atoms with Crippen LogP contribution in [0.5, 0.6) is 5.75 Å². The summed E-state index contributed by atoms with van der Waals surface area (Å²) in [6.07, 6.45) is 3.62. The van der Waals surface area contributed by atoms with Gasteiger partial charge in [-0.1, -0.05) is 65.8 Å². The van der Waals surface area contributed by atoms with E-state index in [0.29, 0.717) is 45.6 Å². The lowest BCUT2D eigenvalue weighted by molar-refractivity contribution is -0.141. The second-order valence-corrected chi connectivity index (χ2v) is 15.5. The summed E-state index contributed by atoms with van der Waals surface area (Å²) >= 11 is 8.36. The minimum atomic E-state index is -1.11. The Morgan fingerprint density at radius 2 is 1.79 bits per heavy atom. The Morgan fingerprint density at radius 1 is 1.00 bits per heavy atom. The maximum absolute atomic E-state index is 14.6. The molecule has 0 radical (unpaired) electrons. The number of amides is 3. The number of nitrogens with two attached hydrogens (primary N) is 2. The standard InChI is InChI=1S/C42H49ClN8O6S/c1-51-37(18-27-21-47-34-8-3-2-7-31(27)34)40(55)49-22-32-30(25-10-12-29(13-11-25)57-24-28(53)23-52)14-15-33(43)38(32)58-41-26(6-5-17-46-41)20-48-35(9-4-16-44)39(54)50-36(19-45)42(51)56/h2-3,5-8,10-15,17,21,28,35-37,47-48,52-53H,4,9,16,18-20,22-24,44-45H2,1H3,(H,49,55)(H,50,54)/t28?,35-,36-,37-/m0/s1. The molecule has 16 heteroatoms. The average Bonchev–Trinajstić information content (AvgIpc) is 3.66. The minimum absolute atomic E-state index is 0.0308. The van der Waals surface area contributed by atoms with Crippen molar-refractivity contribution in [2.75, 3.05) is 33.4 Å². The van der Waals surface area contributed by atoms with Gasteiger partial charge in [-0.2, -0.15) is 0 Å². The largest absolute Gasteiger partial charge is 0.491 e. The summed E-state index contributed by atoms with van der Waals surface area (Å²) < 4.78 is 5.65. The zero-order chi connectivity index (χ0) is 41.2. The fourth-order valence-electron chi connectivity index (χ4n) is 6.86. The first-order chi connectivity index (χ1) is 28.1. The number of aromatic amines is 1. The van der Waals surface area contributed by atoms with E-state index >= 15 is 0 Å². The van der Waals surface area contributed by atoms with Crippen LogP contribution in [0.3, 0.4) is 0 Å². The zero-order valence-corrected chi connectivity index (χ0v) is 33.7. The van der Waals surface area contributed by atoms with Crippen molar-refractivity contribution in [3.05, 3.63) is 107 Å². The van der Waals surface area contributed by atoms with Crippen molar-refractivity contribution in [2.24, 2.45) is 11.5 Å². The fraction of sp³-hybridized carbons (Fsp3) is 0.333. The summed E-state index contributed by atoms with van der Waals surface area (Å²) in [5.74, 6) is -0.855. The average molecular weight is 829 g/mol. The van der Waals surface area contributed by atoms with Gasteiger partial charge < -0.3 is 52.3 Å². The highest BCUT2D eigenvalue weighted by Crippen LogP contribution is 2.41. The first-order valence-corrected chi connectivity index (χ1v) is 20.3. The number of fused-ring (bicyclic) bond motifs is 3. The van der Waals surface area contributed by atoms with Gasteiger partial charge in [0.05, 0.1) is 17.7 Å². The maximum atomic E-state index is 14.6. The monoisotopic (exact) mass is 828 g/mol. The van der Waals surface area contributed by atoms with E-state index < -0.39 is 48.6 Å². The van der Waals surface area contributed by atoms with Crippen LogP contribution in [0, 0.1) is 0 Å². The van der Waals surface area contributed by atoms with E-state index in [9.17, 15) is 24.6 Å². The van der Waals surface area contributed by atoms with Crippen molar-refractivity contribution in [2.45, 2.75) is 66.5 Å². The molecule has 10 N–H and O–H groups in total. The van der Waals surface area contributed by atoms with E-state index in [4.69, 9.17) is 32.8 Å². The summed E-state index contributed by atoms with van der Waals surface area (Å²) in [5.41, 5.74) is 16.8. The Morgan fingerprint density at radius 3 is 2.55 bits per heavy atom. The van der Waals surface area contributed by atoms with Gasteiger partial charge in [0.25, 0.3) is 0 Å². The van der Waals surface area contributed by atoms with Crippen molar-refractivity contribution < 1.29 is 29.3 Å². The number of carbonyl (C=O) groups excluding carboxylic acids is 3. The predicted molar refractivity (Wildman–Crippen MR) is 224 cm³/mol. The van der Waals surface area contributed by atoms with Gasteiger partial charge in [-0.15, -0.1) is 0 Å². The van der Waals surface area contributed by atoms with Gasteiger partial charge in [-0.25, -0.2) is 4.98 Å². The number of ether oxygens (including phenoxy) is 1. The number of aliphatic hydroxyl groups is 2. The molecule has 5 aromatic rings. The van der Waals surface area contributed by atoms with Crippen LogP contribution in [0.15, 0.2) is 95.1 Å². The molecule has 0 saturated heterocycles. The van der Waals surface area contributed by atoms with Gasteiger partial charge in [0.2, 0.25) is 17.7 Å². The Labute approximate surface area is 346 Å². The summed E-state index contributed by atoms with van der Waals surface area (Å²) in [6.45, 7) is -0.0183. The molecular formula is C42H49ClN8O6S. The molecule has 0 bridgehead atoms. The highest BCUT2D eigenvalue weighted by molar-refractivity contribution is 7.99. The Hall–Kier alpha value is -5.00. The molecule has 1 aliphatic rings. The molecule has 6 rings (SSSR count). The third kappa shape index (κ3) is 10.2. The number of aliphatic hydroxyl groups excluding tert-OH is 2. The summed E-state index contributed by atoms with van der Waals surface area (Å²) in [7, 11) is 1.55. The van der Waals surface area contributed by atoms with Crippen LogP contribution in [0.25, 0.3) is 22.0 Å². The van der Waals surface area contributed by atoms with E-state index in [1.807, 2.05) is 60.8 Å². The Bertz CT molecular complexity index is 2200. The quantitative estimate of drug-likeness (QED) is 0.0967. The number of aromatic nitrogens is 2. The molecule has 1 unspecified atom stereocenters. The lowest BCUT2D eigenvalue weighted by atomic mass is 9.98. The smallest absolute Gasteiger partial charge is 0.246 e. The number of likely N-dealkylation sites (N-methyl/N-ethyl adjacent to an activating group) is 1. The maximum Gasteiger partial charge on any atom is 0.246 e. The first kappa shape index (κ1) is 42.6. The number of nitrogens with zero attached hydrogens (tertiary/aromatic N) is 2. The molecule has 3 amide bonds. The highest BCUT2D eigenvalue weighted by Gasteiger charge is 2.34. The Balaban J connectivity index is 1.44. The van der Waals surface area contributed by atoms with Crippen molar-refractivity contribution >= 4 is 52.0 Å². The SMILES string of the molecule is CN1C(=O)[C@H](CN)NC(=O)[C@H](CCCN)NCc2cccnc2Sc2c(Cl)ccc(-c3ccc(OCC(O)CO)cc3)c2CNC(=O)[C@@H]1Cc1c[nH]c2ccccc12. The molecule has 58 heavy (non-hydrogen) atoms. The van der Waals surface area contributed by atoms with Crippen LogP contribution in [-0.2, 0) is 33.9 Å². The van der Waals surface area contributed by atoms with E-state index in [1.54, 1.807) is 31.4 Å². The second kappa shape index (κ2) is 20.1. The molecule has 0 saturated carbocycles. The highest BCUT2D eigenvalue weighted by atomic mass is 35.5. The lowest BCUT2D eigenvalue weighted by Crippen LogP contribution is -2.59. The molecule has 306 valence electrons. The predicted octanol–water partition coefficient (Wildman–Crippen LogP) is 3.11. The lowest BCUT2D eigenvalue weighted by Gasteiger charge is -2.31. The molecule has 0 aliphatic carbocycles. The van der Waals surface area contributed by atoms with E-state index in [2.05, 4.69) is 20.9 Å². The molecule has 3 aromatic carbocycles. The number of para-hydroxylation sites is 1. The van der Waals surface area contributed by atoms with Gasteiger partial charge in [0.15, 0.2) is 0 Å². The van der Waals surface area contributed by atoms with Gasteiger partial charge >= 0.3 is 0 Å². The molecular weight excluding hydrogens is 780 g/mol. The van der Waals surface area contributed by atoms with Gasteiger partial charge in [0.1, 0.15) is 35.6 Å². The van der Waals surface area contributed by atoms with Crippen LogP contribution in [-0.4, -0.2) is 100 Å². The number of halogens is 1. The van der Waals surface area contributed by atoms with Gasteiger partial charge in [-0.05, 0) is 77.5 Å². The van der Waals surface area contributed by atoms with Crippen LogP contribution >= 0.6 is 23.4 Å². The number of rotatable bonds is 11. The summed E-state index contributed by atoms with van der Waals surface area (Å²) in [5, 5.41) is 30.3. The second-order valence-electron chi connectivity index (χ2n) is 14.1.